The Bertz CT molecular complexity index is 846. The average molecular weight is 375 g/mol. The fourth-order valence-corrected chi connectivity index (χ4v) is 4.50. The van der Waals surface area contributed by atoms with E-state index < -0.39 is 15.9 Å². The van der Waals surface area contributed by atoms with Gasteiger partial charge >= 0.3 is 0 Å². The minimum absolute atomic E-state index is 0.0127. The van der Waals surface area contributed by atoms with E-state index in [2.05, 4.69) is 4.90 Å². The maximum absolute atomic E-state index is 12.6. The van der Waals surface area contributed by atoms with Gasteiger partial charge in [0.1, 0.15) is 0 Å². The highest BCUT2D eigenvalue weighted by molar-refractivity contribution is 7.88. The van der Waals surface area contributed by atoms with E-state index in [1.807, 2.05) is 30.3 Å². The lowest BCUT2D eigenvalue weighted by molar-refractivity contribution is 0.0706. The highest BCUT2D eigenvalue weighted by Crippen LogP contribution is 2.20. The van der Waals surface area contributed by atoms with Crippen LogP contribution in [0.5, 0.6) is 0 Å². The lowest BCUT2D eigenvalue weighted by Gasteiger charge is -2.35. The summed E-state index contributed by atoms with van der Waals surface area (Å²) < 4.78 is 26.7. The van der Waals surface area contributed by atoms with Gasteiger partial charge in [-0.1, -0.05) is 30.3 Å². The predicted molar refractivity (Wildman–Crippen MR) is 98.5 cm³/mol. The third kappa shape index (κ3) is 4.21. The van der Waals surface area contributed by atoms with Crippen molar-refractivity contribution in [3.05, 3.63) is 65.7 Å². The molecule has 0 aliphatic carbocycles. The molecular weight excluding hydrogens is 354 g/mol. The molecule has 7 nitrogen and oxygen atoms in total. The van der Waals surface area contributed by atoms with Gasteiger partial charge in [-0.3, -0.25) is 10.0 Å². The highest BCUT2D eigenvalue weighted by Gasteiger charge is 2.27. The Labute approximate surface area is 152 Å². The molecule has 0 radical (unpaired) electrons. The van der Waals surface area contributed by atoms with Gasteiger partial charge in [0.2, 0.25) is 10.0 Å². The van der Waals surface area contributed by atoms with Gasteiger partial charge in [-0.2, -0.15) is 4.31 Å². The smallest absolute Gasteiger partial charge is 0.274 e. The number of anilines is 1. The molecule has 1 aliphatic heterocycles. The molecule has 1 fully saturated rings. The summed E-state index contributed by atoms with van der Waals surface area (Å²) in [5, 5.41) is 8.64. The zero-order chi connectivity index (χ0) is 18.6. The first kappa shape index (κ1) is 18.4. The Balaban J connectivity index is 1.61. The number of hydrogen-bond acceptors (Lipinski definition) is 5. The van der Waals surface area contributed by atoms with E-state index in [0.29, 0.717) is 31.7 Å². The number of sulfonamides is 1. The van der Waals surface area contributed by atoms with Crippen molar-refractivity contribution in [1.82, 2.24) is 9.79 Å². The molecule has 0 unspecified atom stereocenters. The minimum atomic E-state index is -3.34. The van der Waals surface area contributed by atoms with E-state index in [1.54, 1.807) is 29.7 Å². The van der Waals surface area contributed by atoms with Gasteiger partial charge in [0.15, 0.2) is 0 Å². The highest BCUT2D eigenvalue weighted by atomic mass is 32.2. The van der Waals surface area contributed by atoms with Crippen LogP contribution in [0.1, 0.15) is 15.9 Å². The molecule has 2 aromatic carbocycles. The van der Waals surface area contributed by atoms with Crippen LogP contribution in [0, 0.1) is 0 Å². The molecule has 1 amide bonds. The number of amides is 1. The van der Waals surface area contributed by atoms with Gasteiger partial charge < -0.3 is 4.90 Å². The number of piperazine rings is 1. The molecule has 0 aromatic heterocycles. The molecule has 1 aliphatic rings. The van der Waals surface area contributed by atoms with Crippen LogP contribution in [0.3, 0.4) is 0 Å². The summed E-state index contributed by atoms with van der Waals surface area (Å²) in [7, 11) is -3.34. The molecule has 0 atom stereocenters. The molecule has 1 saturated heterocycles. The normalized spacial score (nSPS) is 15.7. The van der Waals surface area contributed by atoms with Crippen molar-refractivity contribution in [3.8, 4) is 0 Å². The lowest BCUT2D eigenvalue weighted by atomic mass is 10.2. The Morgan fingerprint density at radius 2 is 1.58 bits per heavy atom. The molecule has 0 bridgehead atoms. The van der Waals surface area contributed by atoms with E-state index >= 15 is 0 Å². The van der Waals surface area contributed by atoms with E-state index in [4.69, 9.17) is 5.21 Å². The molecule has 3 rings (SSSR count). The minimum Gasteiger partial charge on any atom is -0.369 e. The SMILES string of the molecule is O=C(NO)c1ccc(N2CCN(S(=O)(=O)Cc3ccccc3)CC2)cc1. The van der Waals surface area contributed by atoms with Crippen molar-refractivity contribution in [2.45, 2.75) is 5.75 Å². The number of nitrogens with one attached hydrogen (secondary N) is 1. The molecule has 1 heterocycles. The number of rotatable bonds is 5. The van der Waals surface area contributed by atoms with Crippen molar-refractivity contribution in [2.75, 3.05) is 31.1 Å². The second-order valence-corrected chi connectivity index (χ2v) is 8.08. The van der Waals surface area contributed by atoms with Gasteiger partial charge in [0.05, 0.1) is 5.75 Å². The summed E-state index contributed by atoms with van der Waals surface area (Å²) in [5.74, 6) is -0.549. The first-order chi connectivity index (χ1) is 12.5. The van der Waals surface area contributed by atoms with E-state index in [0.717, 1.165) is 11.3 Å². The van der Waals surface area contributed by atoms with Crippen molar-refractivity contribution in [2.24, 2.45) is 0 Å². The number of hydroxylamine groups is 1. The Morgan fingerprint density at radius 3 is 2.15 bits per heavy atom. The maximum atomic E-state index is 12.6. The third-order valence-corrected chi connectivity index (χ3v) is 6.27. The number of carbonyl (C=O) groups excluding carboxylic acids is 1. The monoisotopic (exact) mass is 375 g/mol. The second kappa shape index (κ2) is 7.86. The molecule has 2 aromatic rings. The molecule has 0 spiro atoms. The molecule has 8 heteroatoms. The lowest BCUT2D eigenvalue weighted by Crippen LogP contribution is -2.49. The summed E-state index contributed by atoms with van der Waals surface area (Å²) in [6.07, 6.45) is 0. The molecule has 2 N–H and O–H groups in total. The standard InChI is InChI=1S/C18H21N3O4S/c22-18(19-23)16-6-8-17(9-7-16)20-10-12-21(13-11-20)26(24,25)14-15-4-2-1-3-5-15/h1-9,23H,10-14H2,(H,19,22). The van der Waals surface area contributed by atoms with Gasteiger partial charge in [0, 0.05) is 37.4 Å². The van der Waals surface area contributed by atoms with Gasteiger partial charge in [0.25, 0.3) is 5.91 Å². The van der Waals surface area contributed by atoms with Gasteiger partial charge in [-0.05, 0) is 29.8 Å². The van der Waals surface area contributed by atoms with Crippen LogP contribution in [-0.2, 0) is 15.8 Å². The summed E-state index contributed by atoms with van der Waals surface area (Å²) >= 11 is 0. The number of benzene rings is 2. The zero-order valence-corrected chi connectivity index (χ0v) is 15.0. The van der Waals surface area contributed by atoms with Crippen molar-refractivity contribution in [1.29, 1.82) is 0 Å². The number of carbonyl (C=O) groups is 1. The van der Waals surface area contributed by atoms with Crippen LogP contribution < -0.4 is 10.4 Å². The van der Waals surface area contributed by atoms with Gasteiger partial charge in [-0.25, -0.2) is 13.9 Å². The average Bonchev–Trinajstić information content (AvgIpc) is 2.68. The number of nitrogens with zero attached hydrogens (tertiary/aromatic N) is 2. The Hall–Kier alpha value is -2.42. The van der Waals surface area contributed by atoms with Gasteiger partial charge in [-0.15, -0.1) is 0 Å². The molecular formula is C18H21N3O4S. The molecule has 0 saturated carbocycles. The van der Waals surface area contributed by atoms with Crippen molar-refractivity contribution < 1.29 is 18.4 Å². The fourth-order valence-electron chi connectivity index (χ4n) is 2.99. The Morgan fingerprint density at radius 1 is 0.962 bits per heavy atom. The second-order valence-electron chi connectivity index (χ2n) is 6.12. The largest absolute Gasteiger partial charge is 0.369 e. The number of hydrogen-bond donors (Lipinski definition) is 2. The Kier molecular flexibility index (Phi) is 5.55. The van der Waals surface area contributed by atoms with Crippen molar-refractivity contribution in [3.63, 3.8) is 0 Å². The quantitative estimate of drug-likeness (QED) is 0.610. The van der Waals surface area contributed by atoms with Crippen LogP contribution >= 0.6 is 0 Å². The van der Waals surface area contributed by atoms with E-state index in [1.165, 1.54) is 4.31 Å². The van der Waals surface area contributed by atoms with Crippen molar-refractivity contribution >= 4 is 21.6 Å². The first-order valence-electron chi connectivity index (χ1n) is 8.31. The fraction of sp³-hybridized carbons (Fsp3) is 0.278. The van der Waals surface area contributed by atoms with Crippen LogP contribution in [0.4, 0.5) is 5.69 Å². The summed E-state index contributed by atoms with van der Waals surface area (Å²) in [4.78, 5) is 13.4. The first-order valence-corrected chi connectivity index (χ1v) is 9.92. The van der Waals surface area contributed by atoms with Crippen LogP contribution in [0.25, 0.3) is 0 Å². The van der Waals surface area contributed by atoms with Crippen LogP contribution in [0.2, 0.25) is 0 Å². The molecule has 26 heavy (non-hydrogen) atoms. The van der Waals surface area contributed by atoms with Crippen LogP contribution in [-0.4, -0.2) is 50.0 Å². The summed E-state index contributed by atoms with van der Waals surface area (Å²) in [6.45, 7) is 2.02. The summed E-state index contributed by atoms with van der Waals surface area (Å²) in [5.41, 5.74) is 3.66. The summed E-state index contributed by atoms with van der Waals surface area (Å²) in [6, 6.07) is 16.0. The maximum Gasteiger partial charge on any atom is 0.274 e. The third-order valence-electron chi connectivity index (χ3n) is 4.42. The predicted octanol–water partition coefficient (Wildman–Crippen LogP) is 1.46. The topological polar surface area (TPSA) is 89.9 Å². The zero-order valence-electron chi connectivity index (χ0n) is 14.2. The van der Waals surface area contributed by atoms with E-state index in [9.17, 15) is 13.2 Å². The van der Waals surface area contributed by atoms with Crippen LogP contribution in [0.15, 0.2) is 54.6 Å². The van der Waals surface area contributed by atoms with E-state index in [-0.39, 0.29) is 5.75 Å². The molecule has 138 valence electrons.